The average molecular weight is 388 g/mol. The smallest absolute Gasteiger partial charge is 0.277 e. The molecule has 2 aromatic carbocycles. The third kappa shape index (κ3) is 4.28. The fourth-order valence-electron chi connectivity index (χ4n) is 2.49. The van der Waals surface area contributed by atoms with Gasteiger partial charge in [0.25, 0.3) is 5.22 Å². The predicted molar refractivity (Wildman–Crippen MR) is 102 cm³/mol. The average Bonchev–Trinajstić information content (AvgIpc) is 3.20. The predicted octanol–water partition coefficient (Wildman–Crippen LogP) is 4.06. The highest BCUT2D eigenvalue weighted by Gasteiger charge is 2.14. The molecule has 0 aliphatic heterocycles. The number of hydrogen-bond acceptors (Lipinski definition) is 8. The van der Waals surface area contributed by atoms with Crippen molar-refractivity contribution in [3.05, 3.63) is 42.0 Å². The van der Waals surface area contributed by atoms with E-state index < -0.39 is 0 Å². The van der Waals surface area contributed by atoms with Gasteiger partial charge in [0.2, 0.25) is 5.89 Å². The van der Waals surface area contributed by atoms with Gasteiger partial charge in [-0.3, -0.25) is 0 Å². The highest BCUT2D eigenvalue weighted by Crippen LogP contribution is 2.34. The minimum atomic E-state index is 0.413. The van der Waals surface area contributed by atoms with Crippen molar-refractivity contribution in [3.63, 3.8) is 0 Å². The van der Waals surface area contributed by atoms with Crippen LogP contribution in [0.2, 0.25) is 0 Å². The maximum Gasteiger partial charge on any atom is 0.277 e. The van der Waals surface area contributed by atoms with E-state index >= 15 is 0 Å². The monoisotopic (exact) mass is 388 g/mol. The normalized spacial score (nSPS) is 10.5. The Labute approximate surface area is 161 Å². The Hall–Kier alpha value is -2.87. The summed E-state index contributed by atoms with van der Waals surface area (Å²) >= 11 is 1.42. The summed E-state index contributed by atoms with van der Waals surface area (Å²) in [6.07, 6.45) is 0. The molecule has 0 amide bonds. The van der Waals surface area contributed by atoms with Gasteiger partial charge in [0.1, 0.15) is 11.5 Å². The Bertz CT molecular complexity index is 913. The fraction of sp³-hybridized carbons (Fsp3) is 0.263. The quantitative estimate of drug-likeness (QED) is 0.535. The van der Waals surface area contributed by atoms with E-state index in [1.54, 1.807) is 40.6 Å². The van der Waals surface area contributed by atoms with Crippen molar-refractivity contribution in [2.24, 2.45) is 0 Å². The molecule has 3 aromatic rings. The van der Waals surface area contributed by atoms with Crippen LogP contribution in [0.3, 0.4) is 0 Å². The van der Waals surface area contributed by atoms with Gasteiger partial charge < -0.3 is 23.4 Å². The van der Waals surface area contributed by atoms with Gasteiger partial charge in [-0.25, -0.2) is 0 Å². The van der Waals surface area contributed by atoms with Crippen molar-refractivity contribution in [1.29, 1.82) is 0 Å². The Morgan fingerprint density at radius 2 is 1.56 bits per heavy atom. The third-order valence-electron chi connectivity index (χ3n) is 3.88. The van der Waals surface area contributed by atoms with E-state index in [-0.39, 0.29) is 0 Å². The maximum absolute atomic E-state index is 5.77. The Morgan fingerprint density at radius 1 is 0.815 bits per heavy atom. The van der Waals surface area contributed by atoms with Crippen LogP contribution in [0.4, 0.5) is 0 Å². The van der Waals surface area contributed by atoms with Gasteiger partial charge in [-0.1, -0.05) is 11.8 Å². The maximum atomic E-state index is 5.77. The summed E-state index contributed by atoms with van der Waals surface area (Å²) in [6, 6.07) is 11.1. The summed E-state index contributed by atoms with van der Waals surface area (Å²) in [5.74, 6) is 3.81. The van der Waals surface area contributed by atoms with Gasteiger partial charge in [-0.2, -0.15) is 0 Å². The van der Waals surface area contributed by atoms with Gasteiger partial charge >= 0.3 is 0 Å². The zero-order chi connectivity index (χ0) is 19.2. The van der Waals surface area contributed by atoms with Crippen LogP contribution in [-0.2, 0) is 5.75 Å². The van der Waals surface area contributed by atoms with Crippen LogP contribution in [0, 0.1) is 0 Å². The molecule has 0 bridgehead atoms. The molecular formula is C19H20N2O5S. The second-order valence-electron chi connectivity index (χ2n) is 5.41. The van der Waals surface area contributed by atoms with Gasteiger partial charge in [0.05, 0.1) is 28.4 Å². The zero-order valence-electron chi connectivity index (χ0n) is 15.5. The van der Waals surface area contributed by atoms with Gasteiger partial charge in [-0.05, 0) is 36.4 Å². The molecular weight excluding hydrogens is 368 g/mol. The number of thioether (sulfide) groups is 1. The Morgan fingerprint density at radius 3 is 2.26 bits per heavy atom. The van der Waals surface area contributed by atoms with E-state index in [0.29, 0.717) is 28.4 Å². The first-order valence-corrected chi connectivity index (χ1v) is 9.06. The minimum Gasteiger partial charge on any atom is -0.497 e. The number of methoxy groups -OCH3 is 4. The zero-order valence-corrected chi connectivity index (χ0v) is 16.3. The molecule has 1 aromatic heterocycles. The van der Waals surface area contributed by atoms with Crippen molar-refractivity contribution in [3.8, 4) is 34.5 Å². The summed E-state index contributed by atoms with van der Waals surface area (Å²) in [5, 5.41) is 8.68. The second kappa shape index (κ2) is 8.68. The summed E-state index contributed by atoms with van der Waals surface area (Å²) in [5.41, 5.74) is 1.73. The molecule has 0 N–H and O–H groups in total. The summed E-state index contributed by atoms with van der Waals surface area (Å²) in [6.45, 7) is 0. The van der Waals surface area contributed by atoms with Crippen molar-refractivity contribution in [2.45, 2.75) is 11.0 Å². The number of benzene rings is 2. The summed E-state index contributed by atoms with van der Waals surface area (Å²) < 4.78 is 27.0. The van der Waals surface area contributed by atoms with Gasteiger partial charge in [0, 0.05) is 16.9 Å². The first kappa shape index (κ1) is 18.9. The molecule has 0 atom stereocenters. The Kier molecular flexibility index (Phi) is 6.08. The van der Waals surface area contributed by atoms with E-state index in [4.69, 9.17) is 23.4 Å². The highest BCUT2D eigenvalue weighted by molar-refractivity contribution is 7.98. The van der Waals surface area contributed by atoms with Crippen LogP contribution in [0.1, 0.15) is 5.56 Å². The third-order valence-corrected chi connectivity index (χ3v) is 4.74. The molecule has 0 saturated carbocycles. The largest absolute Gasteiger partial charge is 0.497 e. The first-order valence-electron chi connectivity index (χ1n) is 8.08. The van der Waals surface area contributed by atoms with E-state index in [0.717, 1.165) is 22.6 Å². The molecule has 0 unspecified atom stereocenters. The summed E-state index contributed by atoms with van der Waals surface area (Å²) in [4.78, 5) is 0. The number of rotatable bonds is 8. The first-order chi connectivity index (χ1) is 13.2. The van der Waals surface area contributed by atoms with Crippen LogP contribution in [-0.4, -0.2) is 38.6 Å². The molecule has 0 radical (unpaired) electrons. The molecule has 0 aliphatic rings. The van der Waals surface area contributed by atoms with Gasteiger partial charge in [-0.15, -0.1) is 10.2 Å². The highest BCUT2D eigenvalue weighted by atomic mass is 32.2. The molecule has 27 heavy (non-hydrogen) atoms. The molecule has 7 nitrogen and oxygen atoms in total. The van der Waals surface area contributed by atoms with E-state index in [2.05, 4.69) is 10.2 Å². The second-order valence-corrected chi connectivity index (χ2v) is 6.34. The van der Waals surface area contributed by atoms with Crippen molar-refractivity contribution in [2.75, 3.05) is 28.4 Å². The van der Waals surface area contributed by atoms with Crippen molar-refractivity contribution < 1.29 is 23.4 Å². The molecule has 1 heterocycles. The lowest BCUT2D eigenvalue weighted by Crippen LogP contribution is -1.92. The van der Waals surface area contributed by atoms with Crippen molar-refractivity contribution >= 4 is 11.8 Å². The van der Waals surface area contributed by atoms with Crippen molar-refractivity contribution in [1.82, 2.24) is 10.2 Å². The molecule has 3 rings (SSSR count). The number of aromatic nitrogens is 2. The lowest BCUT2D eigenvalue weighted by atomic mass is 10.2. The fourth-order valence-corrected chi connectivity index (χ4v) is 3.23. The molecule has 0 spiro atoms. The lowest BCUT2D eigenvalue weighted by molar-refractivity contribution is 0.355. The van der Waals surface area contributed by atoms with Gasteiger partial charge in [0.15, 0.2) is 11.5 Å². The molecule has 0 aliphatic carbocycles. The molecule has 142 valence electrons. The number of ether oxygens (including phenoxy) is 4. The standard InChI is InChI=1S/C19H20N2O5S/c1-22-14-6-8-15(23-2)13(9-14)11-27-19-21-20-18(26-19)12-5-7-16(24-3)17(10-12)25-4/h5-10H,11H2,1-4H3. The molecule has 8 heteroatoms. The van der Waals surface area contributed by atoms with E-state index in [9.17, 15) is 0 Å². The van der Waals surface area contributed by atoms with Crippen LogP contribution in [0.5, 0.6) is 23.0 Å². The number of nitrogens with zero attached hydrogens (tertiary/aromatic N) is 2. The topological polar surface area (TPSA) is 75.8 Å². The van der Waals surface area contributed by atoms with E-state index in [1.807, 2.05) is 24.3 Å². The van der Waals surface area contributed by atoms with Crippen LogP contribution in [0.15, 0.2) is 46.0 Å². The lowest BCUT2D eigenvalue weighted by Gasteiger charge is -2.09. The minimum absolute atomic E-state index is 0.413. The van der Waals surface area contributed by atoms with Crippen LogP contribution >= 0.6 is 11.8 Å². The Balaban J connectivity index is 1.75. The van der Waals surface area contributed by atoms with E-state index in [1.165, 1.54) is 11.8 Å². The molecule has 0 fully saturated rings. The number of hydrogen-bond donors (Lipinski definition) is 0. The summed E-state index contributed by atoms with van der Waals surface area (Å²) in [7, 11) is 6.44. The van der Waals surface area contributed by atoms with Crippen LogP contribution < -0.4 is 18.9 Å². The SMILES string of the molecule is COc1ccc(OC)c(CSc2nnc(-c3ccc(OC)c(OC)c3)o2)c1. The molecule has 0 saturated heterocycles. The van der Waals surface area contributed by atoms with Crippen LogP contribution in [0.25, 0.3) is 11.5 Å².